The van der Waals surface area contributed by atoms with Gasteiger partial charge < -0.3 is 9.88 Å². The molecule has 1 amide bonds. The van der Waals surface area contributed by atoms with Crippen molar-refractivity contribution in [3.8, 4) is 0 Å². The molecule has 0 bridgehead atoms. The van der Waals surface area contributed by atoms with Crippen LogP contribution in [-0.2, 0) is 7.05 Å². The molecule has 3 heterocycles. The summed E-state index contributed by atoms with van der Waals surface area (Å²) >= 11 is 0. The second-order valence-electron chi connectivity index (χ2n) is 6.14. The Balaban J connectivity index is 1.65. The summed E-state index contributed by atoms with van der Waals surface area (Å²) in [4.78, 5) is 41.8. The van der Waals surface area contributed by atoms with Crippen LogP contribution in [0.15, 0.2) is 65.6 Å². The second-order valence-corrected chi connectivity index (χ2v) is 6.14. The first kappa shape index (κ1) is 16.7. The summed E-state index contributed by atoms with van der Waals surface area (Å²) in [5.41, 5.74) is 1.48. The van der Waals surface area contributed by atoms with Crippen molar-refractivity contribution >= 4 is 28.4 Å². The molecular formula is C20H16N4O3. The van der Waals surface area contributed by atoms with Crippen LogP contribution in [-0.4, -0.2) is 32.2 Å². The second kappa shape index (κ2) is 6.53. The number of pyridine rings is 1. The van der Waals surface area contributed by atoms with E-state index in [1.807, 2.05) is 6.07 Å². The number of hydrogen-bond acceptors (Lipinski definition) is 4. The highest BCUT2D eigenvalue weighted by Crippen LogP contribution is 2.14. The van der Waals surface area contributed by atoms with Gasteiger partial charge in [0.25, 0.3) is 11.5 Å². The molecule has 1 N–H and O–H groups in total. The van der Waals surface area contributed by atoms with E-state index in [2.05, 4.69) is 10.3 Å². The Kier molecular flexibility index (Phi) is 4.04. The molecule has 0 spiro atoms. The van der Waals surface area contributed by atoms with Crippen LogP contribution in [0.3, 0.4) is 0 Å². The summed E-state index contributed by atoms with van der Waals surface area (Å²) < 4.78 is 3.00. The number of carbonyl (C=O) groups is 2. The summed E-state index contributed by atoms with van der Waals surface area (Å²) in [5, 5.41) is 2.96. The van der Waals surface area contributed by atoms with Gasteiger partial charge in [-0.3, -0.25) is 18.8 Å². The molecule has 0 aliphatic heterocycles. The molecule has 0 aliphatic carbocycles. The Bertz CT molecular complexity index is 1240. The largest absolute Gasteiger partial charge is 0.343 e. The summed E-state index contributed by atoms with van der Waals surface area (Å²) in [5.74, 6) is -0.625. The number of ketones is 1. The molecule has 7 nitrogen and oxygen atoms in total. The molecule has 0 aliphatic rings. The number of rotatable bonds is 4. The molecule has 134 valence electrons. The molecule has 1 aromatic carbocycles. The van der Waals surface area contributed by atoms with Crippen LogP contribution in [0.25, 0.3) is 16.7 Å². The van der Waals surface area contributed by atoms with Crippen molar-refractivity contribution in [3.63, 3.8) is 0 Å². The average molecular weight is 360 g/mol. The smallest absolute Gasteiger partial charge is 0.268 e. The highest BCUT2D eigenvalue weighted by molar-refractivity contribution is 6.03. The molecule has 27 heavy (non-hydrogen) atoms. The van der Waals surface area contributed by atoms with Gasteiger partial charge in [-0.1, -0.05) is 36.4 Å². The van der Waals surface area contributed by atoms with E-state index in [4.69, 9.17) is 0 Å². The van der Waals surface area contributed by atoms with Crippen molar-refractivity contribution in [3.05, 3.63) is 82.4 Å². The third-order valence-corrected chi connectivity index (χ3v) is 4.45. The molecule has 4 aromatic rings. The van der Waals surface area contributed by atoms with Crippen molar-refractivity contribution in [1.82, 2.24) is 19.3 Å². The normalized spacial score (nSPS) is 11.0. The van der Waals surface area contributed by atoms with E-state index in [1.54, 1.807) is 60.3 Å². The number of fused-ring (bicyclic) bond motifs is 2. The Morgan fingerprint density at radius 3 is 2.59 bits per heavy atom. The number of hydrogen-bond donors (Lipinski definition) is 1. The van der Waals surface area contributed by atoms with E-state index in [0.717, 1.165) is 0 Å². The number of carbonyl (C=O) groups excluding carboxylic acids is 2. The van der Waals surface area contributed by atoms with Crippen LogP contribution in [0, 0.1) is 0 Å². The third kappa shape index (κ3) is 2.89. The number of benzene rings is 1. The zero-order valence-corrected chi connectivity index (χ0v) is 14.5. The standard InChI is InChI=1S/C20H16N4O3/c1-23-15(19(26)21-12-16(25)13-7-3-2-4-8-13)11-14-18(23)22-17-9-5-6-10-24(17)20(14)27/h2-11H,12H2,1H3,(H,21,26). The van der Waals surface area contributed by atoms with Gasteiger partial charge in [0.2, 0.25) is 0 Å². The number of aromatic nitrogens is 3. The number of Topliss-reactive ketones (excluding diaryl/α,β-unsaturated/α-hetero) is 1. The molecule has 3 aromatic heterocycles. The van der Waals surface area contributed by atoms with Gasteiger partial charge in [0.05, 0.1) is 11.9 Å². The topological polar surface area (TPSA) is 85.5 Å². The third-order valence-electron chi connectivity index (χ3n) is 4.45. The molecule has 0 saturated carbocycles. The van der Waals surface area contributed by atoms with E-state index in [1.165, 1.54) is 10.5 Å². The highest BCUT2D eigenvalue weighted by Gasteiger charge is 2.18. The minimum atomic E-state index is -0.437. The molecule has 4 rings (SSSR count). The Morgan fingerprint density at radius 2 is 1.81 bits per heavy atom. The molecule has 0 saturated heterocycles. The molecule has 0 atom stereocenters. The van der Waals surface area contributed by atoms with Gasteiger partial charge in [-0.25, -0.2) is 4.98 Å². The van der Waals surface area contributed by atoms with Crippen molar-refractivity contribution in [2.24, 2.45) is 7.05 Å². The molecule has 0 fully saturated rings. The van der Waals surface area contributed by atoms with Gasteiger partial charge in [0.15, 0.2) is 5.78 Å². The highest BCUT2D eigenvalue weighted by atomic mass is 16.2. The average Bonchev–Trinajstić information content (AvgIpc) is 3.04. The number of aryl methyl sites for hydroxylation is 1. The quantitative estimate of drug-likeness (QED) is 0.562. The first-order valence-corrected chi connectivity index (χ1v) is 8.39. The number of nitrogens with one attached hydrogen (secondary N) is 1. The minimum Gasteiger partial charge on any atom is -0.343 e. The lowest BCUT2D eigenvalue weighted by atomic mass is 10.1. The van der Waals surface area contributed by atoms with E-state index in [9.17, 15) is 14.4 Å². The number of nitrogens with zero attached hydrogens (tertiary/aromatic N) is 3. The van der Waals surface area contributed by atoms with Gasteiger partial charge in [0.1, 0.15) is 17.0 Å². The summed E-state index contributed by atoms with van der Waals surface area (Å²) in [6.07, 6.45) is 1.63. The lowest BCUT2D eigenvalue weighted by Crippen LogP contribution is -2.30. The van der Waals surface area contributed by atoms with Crippen LogP contribution < -0.4 is 10.9 Å². The van der Waals surface area contributed by atoms with Crippen LogP contribution in [0.1, 0.15) is 20.8 Å². The number of amides is 1. The maximum atomic E-state index is 12.7. The van der Waals surface area contributed by atoms with E-state index >= 15 is 0 Å². The monoisotopic (exact) mass is 360 g/mol. The van der Waals surface area contributed by atoms with E-state index < -0.39 is 5.91 Å². The van der Waals surface area contributed by atoms with Gasteiger partial charge >= 0.3 is 0 Å². The van der Waals surface area contributed by atoms with Crippen LogP contribution in [0.4, 0.5) is 0 Å². The summed E-state index contributed by atoms with van der Waals surface area (Å²) in [6.45, 7) is -0.126. The minimum absolute atomic E-state index is 0.126. The van der Waals surface area contributed by atoms with Gasteiger partial charge in [-0.05, 0) is 18.2 Å². The van der Waals surface area contributed by atoms with Crippen molar-refractivity contribution in [1.29, 1.82) is 0 Å². The summed E-state index contributed by atoms with van der Waals surface area (Å²) in [6, 6.07) is 15.5. The fraction of sp³-hybridized carbons (Fsp3) is 0.100. The molecule has 7 heteroatoms. The van der Waals surface area contributed by atoms with Crippen LogP contribution in [0.5, 0.6) is 0 Å². The maximum Gasteiger partial charge on any atom is 0.268 e. The zero-order valence-electron chi connectivity index (χ0n) is 14.5. The SMILES string of the molecule is Cn1c(C(=O)NCC(=O)c2ccccc2)cc2c(=O)n3ccccc3nc21. The van der Waals surface area contributed by atoms with E-state index in [0.29, 0.717) is 22.2 Å². The Morgan fingerprint density at radius 1 is 1.07 bits per heavy atom. The lowest BCUT2D eigenvalue weighted by molar-refractivity contribution is 0.0899. The predicted molar refractivity (Wildman–Crippen MR) is 101 cm³/mol. The van der Waals surface area contributed by atoms with Gasteiger partial charge in [0, 0.05) is 18.8 Å². The fourth-order valence-corrected chi connectivity index (χ4v) is 3.02. The first-order valence-electron chi connectivity index (χ1n) is 8.39. The summed E-state index contributed by atoms with van der Waals surface area (Å²) in [7, 11) is 1.67. The fourth-order valence-electron chi connectivity index (χ4n) is 3.02. The van der Waals surface area contributed by atoms with E-state index in [-0.39, 0.29) is 23.6 Å². The predicted octanol–water partition coefficient (Wildman–Crippen LogP) is 1.80. The Labute approximate surface area is 153 Å². The van der Waals surface area contributed by atoms with Crippen molar-refractivity contribution in [2.75, 3.05) is 6.54 Å². The van der Waals surface area contributed by atoms with Crippen LogP contribution >= 0.6 is 0 Å². The van der Waals surface area contributed by atoms with Crippen molar-refractivity contribution < 1.29 is 9.59 Å². The van der Waals surface area contributed by atoms with Crippen molar-refractivity contribution in [2.45, 2.75) is 0 Å². The van der Waals surface area contributed by atoms with Gasteiger partial charge in [-0.15, -0.1) is 0 Å². The van der Waals surface area contributed by atoms with Gasteiger partial charge in [-0.2, -0.15) is 0 Å². The van der Waals surface area contributed by atoms with Crippen LogP contribution in [0.2, 0.25) is 0 Å². The zero-order chi connectivity index (χ0) is 19.0. The molecule has 0 unspecified atom stereocenters. The lowest BCUT2D eigenvalue weighted by Gasteiger charge is -2.06. The maximum absolute atomic E-state index is 12.7. The molecule has 0 radical (unpaired) electrons. The molecular weight excluding hydrogens is 344 g/mol. The first-order chi connectivity index (χ1) is 13.1. The Hall–Kier alpha value is -3.74.